The van der Waals surface area contributed by atoms with E-state index in [4.69, 9.17) is 5.73 Å². The van der Waals surface area contributed by atoms with Crippen molar-refractivity contribution in [2.75, 3.05) is 6.54 Å². The fourth-order valence-electron chi connectivity index (χ4n) is 3.26. The van der Waals surface area contributed by atoms with Gasteiger partial charge in [-0.1, -0.05) is 18.6 Å². The molecule has 0 radical (unpaired) electrons. The maximum atomic E-state index is 12.6. The minimum atomic E-state index is -2.91. The predicted octanol–water partition coefficient (Wildman–Crippen LogP) is 2.96. The van der Waals surface area contributed by atoms with Gasteiger partial charge in [-0.3, -0.25) is 9.89 Å². The summed E-state index contributed by atoms with van der Waals surface area (Å²) in [5.74, 6) is 0.0452. The number of hydrogen-bond acceptors (Lipinski definition) is 4. The summed E-state index contributed by atoms with van der Waals surface area (Å²) in [5, 5.41) is 9.69. The molecule has 0 bridgehead atoms. The standard InChI is InChI=1S/C17H20F2N4O2.ClH/c18-17(19)25-12-5-1-3-10(7-12)15-13(9-21-23-15)16(24)22-14-6-2-4-11(14)8-20;/h1,3,5,7,9,11,14,17H,2,4,6,8,20H2,(H,21,23)(H,22,24);1H. The van der Waals surface area contributed by atoms with Gasteiger partial charge in [0.25, 0.3) is 5.91 Å². The van der Waals surface area contributed by atoms with Crippen molar-refractivity contribution in [3.8, 4) is 17.0 Å². The molecule has 2 atom stereocenters. The molecule has 26 heavy (non-hydrogen) atoms. The number of halogens is 3. The molecule has 3 rings (SSSR count). The largest absolute Gasteiger partial charge is 0.435 e. The quantitative estimate of drug-likeness (QED) is 0.711. The number of carbonyl (C=O) groups is 1. The monoisotopic (exact) mass is 386 g/mol. The van der Waals surface area contributed by atoms with Crippen molar-refractivity contribution in [2.24, 2.45) is 11.7 Å². The van der Waals surface area contributed by atoms with Crippen molar-refractivity contribution in [3.05, 3.63) is 36.0 Å². The van der Waals surface area contributed by atoms with Crippen LogP contribution in [0.25, 0.3) is 11.3 Å². The Labute approximate surface area is 155 Å². The summed E-state index contributed by atoms with van der Waals surface area (Å²) in [7, 11) is 0. The normalized spacial score (nSPS) is 19.2. The van der Waals surface area contributed by atoms with Gasteiger partial charge in [0.1, 0.15) is 5.75 Å². The van der Waals surface area contributed by atoms with E-state index < -0.39 is 6.61 Å². The van der Waals surface area contributed by atoms with Crippen molar-refractivity contribution in [1.29, 1.82) is 0 Å². The average Bonchev–Trinajstić information content (AvgIpc) is 3.23. The van der Waals surface area contributed by atoms with Crippen LogP contribution in [0.15, 0.2) is 30.5 Å². The lowest BCUT2D eigenvalue weighted by atomic mass is 10.0. The van der Waals surface area contributed by atoms with Gasteiger partial charge in [0.2, 0.25) is 0 Å². The van der Waals surface area contributed by atoms with Gasteiger partial charge in [0.05, 0.1) is 17.5 Å². The highest BCUT2D eigenvalue weighted by Crippen LogP contribution is 2.28. The zero-order valence-corrected chi connectivity index (χ0v) is 14.8. The molecule has 1 heterocycles. The first-order chi connectivity index (χ1) is 12.1. The molecule has 142 valence electrons. The molecule has 0 spiro atoms. The lowest BCUT2D eigenvalue weighted by molar-refractivity contribution is -0.0498. The Hall–Kier alpha value is -2.19. The maximum absolute atomic E-state index is 12.6. The van der Waals surface area contributed by atoms with E-state index in [2.05, 4.69) is 20.3 Å². The van der Waals surface area contributed by atoms with E-state index in [1.54, 1.807) is 12.1 Å². The van der Waals surface area contributed by atoms with Crippen molar-refractivity contribution >= 4 is 18.3 Å². The predicted molar refractivity (Wildman–Crippen MR) is 95.6 cm³/mol. The zero-order valence-electron chi connectivity index (χ0n) is 14.0. The molecule has 1 aromatic heterocycles. The lowest BCUT2D eigenvalue weighted by Crippen LogP contribution is -2.39. The number of nitrogens with one attached hydrogen (secondary N) is 2. The molecule has 1 amide bonds. The second kappa shape index (κ2) is 8.95. The average molecular weight is 387 g/mol. The van der Waals surface area contributed by atoms with Crippen LogP contribution in [-0.2, 0) is 0 Å². The molecule has 9 heteroatoms. The van der Waals surface area contributed by atoms with E-state index in [0.29, 0.717) is 23.4 Å². The van der Waals surface area contributed by atoms with Crippen molar-refractivity contribution in [3.63, 3.8) is 0 Å². The number of aromatic amines is 1. The molecule has 2 aromatic rings. The summed E-state index contributed by atoms with van der Waals surface area (Å²) in [6, 6.07) is 6.19. The molecule has 4 N–H and O–H groups in total. The smallest absolute Gasteiger partial charge is 0.387 e. The van der Waals surface area contributed by atoms with Crippen LogP contribution in [0.5, 0.6) is 5.75 Å². The Bertz CT molecular complexity index is 741. The fourth-order valence-corrected chi connectivity index (χ4v) is 3.26. The SMILES string of the molecule is Cl.NCC1CCCC1NC(=O)c1cn[nH]c1-c1cccc(OC(F)F)c1. The summed E-state index contributed by atoms with van der Waals surface area (Å²) in [6.45, 7) is -2.37. The third kappa shape index (κ3) is 4.50. The van der Waals surface area contributed by atoms with E-state index in [1.165, 1.54) is 18.3 Å². The number of amides is 1. The van der Waals surface area contributed by atoms with Crippen molar-refractivity contribution in [2.45, 2.75) is 31.9 Å². The van der Waals surface area contributed by atoms with Gasteiger partial charge < -0.3 is 15.8 Å². The Balaban J connectivity index is 0.00000243. The van der Waals surface area contributed by atoms with Crippen LogP contribution in [0.1, 0.15) is 29.6 Å². The van der Waals surface area contributed by atoms with Gasteiger partial charge >= 0.3 is 6.61 Å². The molecule has 1 aliphatic rings. The summed E-state index contributed by atoms with van der Waals surface area (Å²) < 4.78 is 29.2. The van der Waals surface area contributed by atoms with Crippen LogP contribution in [0.4, 0.5) is 8.78 Å². The Kier molecular flexibility index (Phi) is 6.93. The van der Waals surface area contributed by atoms with E-state index in [0.717, 1.165) is 19.3 Å². The second-order valence-electron chi connectivity index (χ2n) is 6.07. The summed E-state index contributed by atoms with van der Waals surface area (Å²) >= 11 is 0. The molecule has 1 saturated carbocycles. The molecule has 6 nitrogen and oxygen atoms in total. The molecular formula is C17H21ClF2N4O2. The van der Waals surface area contributed by atoms with Crippen molar-refractivity contribution in [1.82, 2.24) is 15.5 Å². The Morgan fingerprint density at radius 3 is 2.96 bits per heavy atom. The van der Waals surface area contributed by atoms with E-state index in [1.807, 2.05) is 0 Å². The number of carbonyl (C=O) groups excluding carboxylic acids is 1. The molecule has 2 unspecified atom stereocenters. The number of alkyl halides is 2. The number of H-pyrrole nitrogens is 1. The number of hydrogen-bond donors (Lipinski definition) is 3. The van der Waals surface area contributed by atoms with Crippen LogP contribution >= 0.6 is 12.4 Å². The third-order valence-corrected chi connectivity index (χ3v) is 4.51. The molecule has 1 fully saturated rings. The van der Waals surface area contributed by atoms with Gasteiger partial charge in [-0.2, -0.15) is 13.9 Å². The van der Waals surface area contributed by atoms with Gasteiger partial charge in [-0.05, 0) is 37.4 Å². The number of benzene rings is 1. The van der Waals surface area contributed by atoms with Gasteiger partial charge in [-0.15, -0.1) is 12.4 Å². The van der Waals surface area contributed by atoms with Gasteiger partial charge in [-0.25, -0.2) is 0 Å². The summed E-state index contributed by atoms with van der Waals surface area (Å²) in [6.07, 6.45) is 4.38. The highest BCUT2D eigenvalue weighted by atomic mass is 35.5. The fraction of sp³-hybridized carbons (Fsp3) is 0.412. The summed E-state index contributed by atoms with van der Waals surface area (Å²) in [5.41, 5.74) is 7.11. The van der Waals surface area contributed by atoms with Crippen LogP contribution in [0.3, 0.4) is 0 Å². The first-order valence-corrected chi connectivity index (χ1v) is 8.18. The van der Waals surface area contributed by atoms with Crippen molar-refractivity contribution < 1.29 is 18.3 Å². The topological polar surface area (TPSA) is 93.0 Å². The van der Waals surface area contributed by atoms with Crippen LogP contribution in [-0.4, -0.2) is 35.3 Å². The Morgan fingerprint density at radius 1 is 1.42 bits per heavy atom. The first-order valence-electron chi connectivity index (χ1n) is 8.18. The number of nitrogens with zero attached hydrogens (tertiary/aromatic N) is 1. The number of aromatic nitrogens is 2. The minimum Gasteiger partial charge on any atom is -0.435 e. The first kappa shape index (κ1) is 20.1. The third-order valence-electron chi connectivity index (χ3n) is 4.51. The number of rotatable bonds is 6. The second-order valence-corrected chi connectivity index (χ2v) is 6.07. The lowest BCUT2D eigenvalue weighted by Gasteiger charge is -2.19. The molecular weight excluding hydrogens is 366 g/mol. The van der Waals surface area contributed by atoms with Gasteiger partial charge in [0, 0.05) is 11.6 Å². The zero-order chi connectivity index (χ0) is 17.8. The highest BCUT2D eigenvalue weighted by molar-refractivity contribution is 6.00. The minimum absolute atomic E-state index is 0. The summed E-state index contributed by atoms with van der Waals surface area (Å²) in [4.78, 5) is 12.6. The Morgan fingerprint density at radius 2 is 2.23 bits per heavy atom. The van der Waals surface area contributed by atoms with E-state index in [9.17, 15) is 13.6 Å². The number of ether oxygens (including phenoxy) is 1. The van der Waals surface area contributed by atoms with Crippen LogP contribution in [0.2, 0.25) is 0 Å². The highest BCUT2D eigenvalue weighted by Gasteiger charge is 2.28. The number of nitrogens with two attached hydrogens (primary N) is 1. The van der Waals surface area contributed by atoms with Crippen LogP contribution in [0, 0.1) is 5.92 Å². The molecule has 1 aliphatic carbocycles. The van der Waals surface area contributed by atoms with E-state index in [-0.39, 0.29) is 36.0 Å². The molecule has 0 saturated heterocycles. The molecule has 1 aromatic carbocycles. The van der Waals surface area contributed by atoms with Crippen LogP contribution < -0.4 is 15.8 Å². The maximum Gasteiger partial charge on any atom is 0.387 e. The van der Waals surface area contributed by atoms with Gasteiger partial charge in [0.15, 0.2) is 0 Å². The molecule has 0 aliphatic heterocycles. The van der Waals surface area contributed by atoms with E-state index >= 15 is 0 Å².